The topological polar surface area (TPSA) is 99.3 Å². The first kappa shape index (κ1) is 29.1. The number of amides is 1. The van der Waals surface area contributed by atoms with Crippen LogP contribution in [0.1, 0.15) is 51.8 Å². The molecule has 206 valence electrons. The average molecular weight is 576 g/mol. The number of hydrogen-bond acceptors (Lipinski definition) is 6. The van der Waals surface area contributed by atoms with Crippen molar-refractivity contribution in [3.05, 3.63) is 60.5 Å². The van der Waals surface area contributed by atoms with Gasteiger partial charge in [0.25, 0.3) is 0 Å². The van der Waals surface area contributed by atoms with E-state index in [1.807, 2.05) is 13.8 Å². The molecule has 3 aromatic rings. The van der Waals surface area contributed by atoms with Gasteiger partial charge in [0, 0.05) is 11.5 Å². The van der Waals surface area contributed by atoms with E-state index in [0.717, 1.165) is 4.57 Å². The van der Waals surface area contributed by atoms with Crippen LogP contribution in [0, 0.1) is 6.92 Å². The van der Waals surface area contributed by atoms with Gasteiger partial charge in [-0.3, -0.25) is 19.1 Å². The minimum atomic E-state index is -2.07. The highest BCUT2D eigenvalue weighted by atomic mass is 35.5. The molecule has 1 fully saturated rings. The molecule has 0 N–H and O–H groups in total. The lowest BCUT2D eigenvalue weighted by Gasteiger charge is -2.53. The van der Waals surface area contributed by atoms with Crippen molar-refractivity contribution in [3.63, 3.8) is 0 Å². The molecule has 1 amide bonds. The van der Waals surface area contributed by atoms with Crippen molar-refractivity contribution in [2.24, 2.45) is 0 Å². The first-order valence-electron chi connectivity index (χ1n) is 12.6. The molecule has 14 heteroatoms. The Hall–Kier alpha value is -2.85. The summed E-state index contributed by atoms with van der Waals surface area (Å²) in [6.07, 6.45) is 0.965. The van der Waals surface area contributed by atoms with Gasteiger partial charge in [-0.25, -0.2) is 14.2 Å². The molecule has 1 saturated heterocycles. The summed E-state index contributed by atoms with van der Waals surface area (Å²) in [5, 5.41) is -1.65. The Morgan fingerprint density at radius 2 is 1.79 bits per heavy atom. The van der Waals surface area contributed by atoms with Crippen molar-refractivity contribution in [3.8, 4) is 5.69 Å². The largest absolute Gasteiger partial charge is 0.444 e. The maximum atomic E-state index is 16.5. The van der Waals surface area contributed by atoms with Crippen LogP contribution in [0.15, 0.2) is 27.9 Å². The van der Waals surface area contributed by atoms with Crippen molar-refractivity contribution >= 4 is 56.2 Å². The maximum absolute atomic E-state index is 16.5. The summed E-state index contributed by atoms with van der Waals surface area (Å²) < 4.78 is 24.1. The van der Waals surface area contributed by atoms with Crippen LogP contribution in [0.3, 0.4) is 0 Å². The molecule has 4 heterocycles. The molecule has 3 aromatic heterocycles. The SMILES string of the molecule is BC(B)(n1c(=O)c(=O)n(-c2c(C)ccnc2C(C)C)c2nc(Cl)c(Cl)cc21)C1(F)CN(C(=O)OC(C)(C)C)C1. The third kappa shape index (κ3) is 4.86. The number of carbonyl (C=O) groups is 1. The van der Waals surface area contributed by atoms with Crippen LogP contribution in [0.4, 0.5) is 9.18 Å². The number of pyridine rings is 2. The number of likely N-dealkylation sites (tertiary alicyclic amines) is 1. The second-order valence-electron chi connectivity index (χ2n) is 11.8. The fourth-order valence-electron chi connectivity index (χ4n) is 4.82. The van der Waals surface area contributed by atoms with Gasteiger partial charge in [-0.1, -0.05) is 37.0 Å². The number of nitrogens with zero attached hydrogens (tertiary/aromatic N) is 5. The van der Waals surface area contributed by atoms with E-state index < -0.39 is 33.8 Å². The Balaban J connectivity index is 1.96. The molecule has 0 spiro atoms. The molecule has 0 saturated carbocycles. The summed E-state index contributed by atoms with van der Waals surface area (Å²) in [7, 11) is 3.00. The van der Waals surface area contributed by atoms with Crippen molar-refractivity contribution < 1.29 is 13.9 Å². The molecule has 0 aromatic carbocycles. The normalized spacial score (nSPS) is 15.5. The van der Waals surface area contributed by atoms with Gasteiger partial charge >= 0.3 is 17.2 Å². The molecule has 39 heavy (non-hydrogen) atoms. The van der Waals surface area contributed by atoms with E-state index in [1.165, 1.54) is 31.2 Å². The Morgan fingerprint density at radius 1 is 1.18 bits per heavy atom. The molecule has 0 radical (unpaired) electrons. The monoisotopic (exact) mass is 575 g/mol. The fraction of sp³-hybridized carbons (Fsp3) is 0.480. The van der Waals surface area contributed by atoms with Gasteiger partial charge in [-0.2, -0.15) is 0 Å². The highest BCUT2D eigenvalue weighted by Crippen LogP contribution is 2.39. The second-order valence-corrected chi connectivity index (χ2v) is 12.5. The van der Waals surface area contributed by atoms with Crippen LogP contribution < -0.4 is 11.1 Å². The van der Waals surface area contributed by atoms with Gasteiger partial charge in [0.2, 0.25) is 0 Å². The zero-order valence-electron chi connectivity index (χ0n) is 23.2. The first-order valence-corrected chi connectivity index (χ1v) is 13.3. The highest BCUT2D eigenvalue weighted by molar-refractivity contribution is 6.42. The lowest BCUT2D eigenvalue weighted by atomic mass is 9.51. The number of alkyl halides is 1. The molecular weight excluding hydrogens is 546 g/mol. The van der Waals surface area contributed by atoms with Crippen LogP contribution in [-0.2, 0) is 10.1 Å². The van der Waals surface area contributed by atoms with Crippen molar-refractivity contribution in [2.75, 3.05) is 13.1 Å². The van der Waals surface area contributed by atoms with Gasteiger partial charge in [0.15, 0.2) is 11.3 Å². The number of aromatic nitrogens is 4. The standard InChI is InChI=1S/C25H30B2Cl2FN5O4/c1-12(2)16-17(13(3)7-8-31-16)34-19-15(9-14(28)18(29)32-19)35(21(37)20(34)36)25(26,27)24(30)10-33(11-24)22(38)39-23(4,5)6/h7-9,12H,10-11,26-27H2,1-6H3. The summed E-state index contributed by atoms with van der Waals surface area (Å²) in [5.74, 6) is -0.0913. The molecule has 1 aliphatic heterocycles. The number of fused-ring (bicyclic) bond motifs is 1. The van der Waals surface area contributed by atoms with E-state index in [9.17, 15) is 14.4 Å². The molecule has 1 aliphatic rings. The molecular formula is C25H30B2Cl2FN5O4. The van der Waals surface area contributed by atoms with Crippen LogP contribution in [-0.4, -0.2) is 70.1 Å². The predicted octanol–water partition coefficient (Wildman–Crippen LogP) is 2.52. The van der Waals surface area contributed by atoms with E-state index in [4.69, 9.17) is 27.9 Å². The van der Waals surface area contributed by atoms with Crippen molar-refractivity contribution in [1.82, 2.24) is 24.0 Å². The van der Waals surface area contributed by atoms with Gasteiger partial charge in [0.1, 0.15) is 26.4 Å². The summed E-state index contributed by atoms with van der Waals surface area (Å²) in [6.45, 7) is 10.1. The van der Waals surface area contributed by atoms with Crippen LogP contribution >= 0.6 is 23.2 Å². The Bertz CT molecular complexity index is 1610. The third-order valence-corrected chi connectivity index (χ3v) is 7.72. The Kier molecular flexibility index (Phi) is 7.22. The van der Waals surface area contributed by atoms with Gasteiger partial charge < -0.3 is 14.2 Å². The van der Waals surface area contributed by atoms with Gasteiger partial charge in [-0.05, 0) is 51.3 Å². The third-order valence-electron chi connectivity index (χ3n) is 7.05. The fourth-order valence-corrected chi connectivity index (χ4v) is 5.10. The predicted molar refractivity (Wildman–Crippen MR) is 155 cm³/mol. The zero-order valence-corrected chi connectivity index (χ0v) is 24.7. The highest BCUT2D eigenvalue weighted by Gasteiger charge is 2.58. The quantitative estimate of drug-likeness (QED) is 0.269. The Labute approximate surface area is 237 Å². The van der Waals surface area contributed by atoms with E-state index in [1.54, 1.807) is 40.0 Å². The van der Waals surface area contributed by atoms with Crippen molar-refractivity contribution in [2.45, 2.75) is 64.1 Å². The number of carbonyl (C=O) groups excluding carboxylic acids is 1. The number of halogens is 3. The lowest BCUT2D eigenvalue weighted by molar-refractivity contribution is -0.0697. The molecule has 0 aliphatic carbocycles. The van der Waals surface area contributed by atoms with E-state index in [2.05, 4.69) is 9.97 Å². The van der Waals surface area contributed by atoms with E-state index in [-0.39, 0.29) is 40.3 Å². The first-order chi connectivity index (χ1) is 17.9. The van der Waals surface area contributed by atoms with Crippen LogP contribution in [0.5, 0.6) is 0 Å². The smallest absolute Gasteiger partial charge is 0.410 e. The molecule has 0 bridgehead atoms. The van der Waals surface area contributed by atoms with Crippen LogP contribution in [0.25, 0.3) is 16.9 Å². The number of hydrogen-bond donors (Lipinski definition) is 0. The maximum Gasteiger partial charge on any atom is 0.410 e. The van der Waals surface area contributed by atoms with E-state index >= 15 is 4.39 Å². The van der Waals surface area contributed by atoms with E-state index in [0.29, 0.717) is 16.9 Å². The molecule has 4 rings (SSSR count). The van der Waals surface area contributed by atoms with Crippen molar-refractivity contribution in [1.29, 1.82) is 0 Å². The summed E-state index contributed by atoms with van der Waals surface area (Å²) in [5.41, 5.74) is -2.91. The zero-order chi connectivity index (χ0) is 29.2. The molecule has 0 unspecified atom stereocenters. The lowest BCUT2D eigenvalue weighted by Crippen LogP contribution is -2.74. The summed E-state index contributed by atoms with van der Waals surface area (Å²) in [6, 6.07) is 3.13. The average Bonchev–Trinajstić information content (AvgIpc) is 2.78. The molecule has 9 nitrogen and oxygen atoms in total. The second kappa shape index (κ2) is 9.66. The summed E-state index contributed by atoms with van der Waals surface area (Å²) in [4.78, 5) is 50.2. The number of rotatable bonds is 4. The van der Waals surface area contributed by atoms with Gasteiger partial charge in [0.05, 0.1) is 35.0 Å². The summed E-state index contributed by atoms with van der Waals surface area (Å²) >= 11 is 12.6. The van der Waals surface area contributed by atoms with Gasteiger partial charge in [-0.15, -0.1) is 0 Å². The van der Waals surface area contributed by atoms with Crippen LogP contribution in [0.2, 0.25) is 10.2 Å². The number of aryl methyl sites for hydroxylation is 1. The Morgan fingerprint density at radius 3 is 2.36 bits per heavy atom. The molecule has 0 atom stereocenters. The minimum Gasteiger partial charge on any atom is -0.444 e. The minimum absolute atomic E-state index is 0.0298. The number of ether oxygens (including phenoxy) is 1.